The van der Waals surface area contributed by atoms with E-state index in [0.29, 0.717) is 6.42 Å². The lowest BCUT2D eigenvalue weighted by atomic mass is 9.65. The van der Waals surface area contributed by atoms with E-state index >= 15 is 0 Å². The van der Waals surface area contributed by atoms with Crippen LogP contribution in [-0.2, 0) is 19.1 Å². The molecule has 1 aliphatic rings. The van der Waals surface area contributed by atoms with Gasteiger partial charge in [0.2, 0.25) is 0 Å². The van der Waals surface area contributed by atoms with Crippen molar-refractivity contribution in [2.75, 3.05) is 20.5 Å². The van der Waals surface area contributed by atoms with Gasteiger partial charge in [0.1, 0.15) is 6.79 Å². The number of carboxylic acid groups (broad SMARTS) is 2. The zero-order valence-electron chi connectivity index (χ0n) is 11.2. The molecule has 0 bridgehead atoms. The zero-order chi connectivity index (χ0) is 14.5. The number of rotatable bonds is 7. The lowest BCUT2D eigenvalue weighted by Crippen LogP contribution is -2.42. The maximum atomic E-state index is 11.5. The normalized spacial score (nSPS) is 30.2. The molecule has 2 unspecified atom stereocenters. The second-order valence-corrected chi connectivity index (χ2v) is 5.16. The third kappa shape index (κ3) is 3.54. The molecule has 6 heteroatoms. The van der Waals surface area contributed by atoms with Crippen molar-refractivity contribution >= 4 is 11.9 Å². The average Bonchev–Trinajstić information content (AvgIpc) is 2.34. The number of methoxy groups -OCH3 is 1. The summed E-state index contributed by atoms with van der Waals surface area (Å²) in [6.07, 6.45) is 3.87. The Morgan fingerprint density at radius 3 is 2.53 bits per heavy atom. The van der Waals surface area contributed by atoms with E-state index < -0.39 is 22.8 Å². The van der Waals surface area contributed by atoms with Crippen LogP contribution in [0.3, 0.4) is 0 Å². The van der Waals surface area contributed by atoms with E-state index in [1.165, 1.54) is 7.11 Å². The number of allylic oxidation sites excluding steroid dienone is 1. The van der Waals surface area contributed by atoms with E-state index in [4.69, 9.17) is 9.47 Å². The SMILES string of the molecule is COCOCCC1(C(=O)O)CC=CC(C)(C(=O)O)C1. The lowest BCUT2D eigenvalue weighted by Gasteiger charge is -2.38. The van der Waals surface area contributed by atoms with E-state index in [0.717, 1.165) is 0 Å². The van der Waals surface area contributed by atoms with Crippen molar-refractivity contribution in [1.82, 2.24) is 0 Å². The molecular weight excluding hydrogens is 252 g/mol. The van der Waals surface area contributed by atoms with Crippen LogP contribution in [0.25, 0.3) is 0 Å². The second-order valence-electron chi connectivity index (χ2n) is 5.16. The summed E-state index contributed by atoms with van der Waals surface area (Å²) in [5.74, 6) is -1.99. The first-order valence-corrected chi connectivity index (χ1v) is 6.07. The third-order valence-electron chi connectivity index (χ3n) is 3.57. The first-order valence-electron chi connectivity index (χ1n) is 6.07. The molecule has 0 aliphatic heterocycles. The summed E-state index contributed by atoms with van der Waals surface area (Å²) in [5, 5.41) is 18.7. The highest BCUT2D eigenvalue weighted by atomic mass is 16.7. The van der Waals surface area contributed by atoms with Crippen molar-refractivity contribution in [1.29, 1.82) is 0 Å². The van der Waals surface area contributed by atoms with Crippen molar-refractivity contribution in [2.24, 2.45) is 10.8 Å². The van der Waals surface area contributed by atoms with Crippen LogP contribution < -0.4 is 0 Å². The lowest BCUT2D eigenvalue weighted by molar-refractivity contribution is -0.157. The van der Waals surface area contributed by atoms with Gasteiger partial charge in [-0.1, -0.05) is 12.2 Å². The predicted molar refractivity (Wildman–Crippen MR) is 66.6 cm³/mol. The maximum Gasteiger partial charge on any atom is 0.313 e. The molecule has 1 aliphatic carbocycles. The summed E-state index contributed by atoms with van der Waals surface area (Å²) in [5.41, 5.74) is -2.23. The molecule has 0 fully saturated rings. The van der Waals surface area contributed by atoms with Crippen LogP contribution in [0.5, 0.6) is 0 Å². The summed E-state index contributed by atoms with van der Waals surface area (Å²) in [7, 11) is 1.48. The topological polar surface area (TPSA) is 93.1 Å². The third-order valence-corrected chi connectivity index (χ3v) is 3.57. The van der Waals surface area contributed by atoms with Gasteiger partial charge in [-0.05, 0) is 26.2 Å². The summed E-state index contributed by atoms with van der Waals surface area (Å²) < 4.78 is 9.86. The smallest absolute Gasteiger partial charge is 0.313 e. The monoisotopic (exact) mass is 272 g/mol. The van der Waals surface area contributed by atoms with Gasteiger partial charge in [0, 0.05) is 7.11 Å². The van der Waals surface area contributed by atoms with Crippen LogP contribution in [0, 0.1) is 10.8 Å². The Morgan fingerprint density at radius 2 is 2.00 bits per heavy atom. The molecule has 0 amide bonds. The Labute approximate surface area is 112 Å². The molecule has 6 nitrogen and oxygen atoms in total. The number of aliphatic carboxylic acids is 2. The van der Waals surface area contributed by atoms with Crippen LogP contribution in [-0.4, -0.2) is 42.7 Å². The van der Waals surface area contributed by atoms with Crippen LogP contribution >= 0.6 is 0 Å². The summed E-state index contributed by atoms with van der Waals surface area (Å²) in [6.45, 7) is 1.87. The van der Waals surface area contributed by atoms with Gasteiger partial charge >= 0.3 is 11.9 Å². The molecule has 2 N–H and O–H groups in total. The molecule has 0 heterocycles. The van der Waals surface area contributed by atoms with Gasteiger partial charge < -0.3 is 19.7 Å². The minimum atomic E-state index is -1.14. The molecule has 108 valence electrons. The first kappa shape index (κ1) is 15.7. The van der Waals surface area contributed by atoms with Gasteiger partial charge in [-0.3, -0.25) is 9.59 Å². The Kier molecular flexibility index (Phi) is 5.08. The Morgan fingerprint density at radius 1 is 1.32 bits per heavy atom. The molecule has 0 aromatic rings. The Bertz CT molecular complexity index is 377. The minimum Gasteiger partial charge on any atom is -0.481 e. The molecule has 0 aromatic carbocycles. The second kappa shape index (κ2) is 6.16. The predicted octanol–water partition coefficient (Wildman–Crippen LogP) is 1.51. The first-order chi connectivity index (χ1) is 8.86. The standard InChI is InChI=1S/C13H20O6/c1-12(10(14)15)4-3-5-13(8-12,11(16)17)6-7-19-9-18-2/h3-4H,5-9H2,1-2H3,(H,14,15)(H,16,17). The van der Waals surface area contributed by atoms with Gasteiger partial charge in [0.25, 0.3) is 0 Å². The fraction of sp³-hybridized carbons (Fsp3) is 0.692. The molecule has 19 heavy (non-hydrogen) atoms. The highest BCUT2D eigenvalue weighted by Gasteiger charge is 2.48. The van der Waals surface area contributed by atoms with E-state index in [1.54, 1.807) is 19.1 Å². The highest BCUT2D eigenvalue weighted by Crippen LogP contribution is 2.45. The van der Waals surface area contributed by atoms with Crippen LogP contribution in [0.15, 0.2) is 12.2 Å². The molecule has 0 radical (unpaired) electrons. The van der Waals surface area contributed by atoms with E-state index in [9.17, 15) is 19.8 Å². The van der Waals surface area contributed by atoms with Crippen molar-refractivity contribution in [2.45, 2.75) is 26.2 Å². The molecule has 2 atom stereocenters. The number of hydrogen-bond acceptors (Lipinski definition) is 4. The van der Waals surface area contributed by atoms with Gasteiger partial charge in [-0.25, -0.2) is 0 Å². The van der Waals surface area contributed by atoms with Gasteiger partial charge in [0.15, 0.2) is 0 Å². The maximum absolute atomic E-state index is 11.5. The van der Waals surface area contributed by atoms with Crippen molar-refractivity contribution < 1.29 is 29.3 Å². The minimum absolute atomic E-state index is 0.0670. The zero-order valence-corrected chi connectivity index (χ0v) is 11.2. The summed E-state index contributed by atoms with van der Waals surface area (Å²) in [6, 6.07) is 0. The van der Waals surface area contributed by atoms with Gasteiger partial charge in [-0.15, -0.1) is 0 Å². The highest BCUT2D eigenvalue weighted by molar-refractivity contribution is 5.81. The fourth-order valence-corrected chi connectivity index (χ4v) is 2.40. The quantitative estimate of drug-likeness (QED) is 0.414. The van der Waals surface area contributed by atoms with Crippen molar-refractivity contribution in [3.8, 4) is 0 Å². The largest absolute Gasteiger partial charge is 0.481 e. The van der Waals surface area contributed by atoms with Crippen LogP contribution in [0.4, 0.5) is 0 Å². The molecule has 0 spiro atoms. The van der Waals surface area contributed by atoms with Crippen LogP contribution in [0.2, 0.25) is 0 Å². The Balaban J connectivity index is 2.81. The summed E-state index contributed by atoms with van der Waals surface area (Å²) in [4.78, 5) is 22.8. The van der Waals surface area contributed by atoms with Crippen LogP contribution in [0.1, 0.15) is 26.2 Å². The van der Waals surface area contributed by atoms with Crippen molar-refractivity contribution in [3.05, 3.63) is 12.2 Å². The van der Waals surface area contributed by atoms with E-state index in [1.807, 2.05) is 0 Å². The summed E-state index contributed by atoms with van der Waals surface area (Å²) >= 11 is 0. The molecule has 1 rings (SSSR count). The number of hydrogen-bond donors (Lipinski definition) is 2. The molecule has 0 aromatic heterocycles. The van der Waals surface area contributed by atoms with Gasteiger partial charge in [-0.2, -0.15) is 0 Å². The molecule has 0 saturated heterocycles. The van der Waals surface area contributed by atoms with Gasteiger partial charge in [0.05, 0.1) is 17.4 Å². The average molecular weight is 272 g/mol. The number of carbonyl (C=O) groups is 2. The number of ether oxygens (including phenoxy) is 2. The van der Waals surface area contributed by atoms with Crippen molar-refractivity contribution in [3.63, 3.8) is 0 Å². The Hall–Kier alpha value is -1.40. The van der Waals surface area contributed by atoms with E-state index in [2.05, 4.69) is 0 Å². The van der Waals surface area contributed by atoms with E-state index in [-0.39, 0.29) is 26.2 Å². The fourth-order valence-electron chi connectivity index (χ4n) is 2.40. The molecular formula is C13H20O6. The molecule has 0 saturated carbocycles. The number of carboxylic acids is 2.